The van der Waals surface area contributed by atoms with Crippen molar-refractivity contribution in [3.63, 3.8) is 0 Å². The number of nitrogens with zero attached hydrogens (tertiary/aromatic N) is 1. The normalized spacial score (nSPS) is 26.6. The summed E-state index contributed by atoms with van der Waals surface area (Å²) in [5, 5.41) is 3.37. The fourth-order valence-electron chi connectivity index (χ4n) is 3.68. The molecule has 1 saturated carbocycles. The van der Waals surface area contributed by atoms with Gasteiger partial charge in [0.15, 0.2) is 0 Å². The minimum Gasteiger partial charge on any atom is -0.495 e. The standard InChI is InChI=1S/C18H30N2O/c1-18(2,3)15-7-6-13(10-19-4)17(9-15)14-8-16(21-5)12-20-11-14/h8,11-13,15,17,19H,6-7,9-10H2,1-5H3. The number of hydrogen-bond acceptors (Lipinski definition) is 3. The third kappa shape index (κ3) is 3.97. The molecule has 0 aliphatic heterocycles. The largest absolute Gasteiger partial charge is 0.495 e. The van der Waals surface area contributed by atoms with Crippen molar-refractivity contribution in [1.82, 2.24) is 10.3 Å². The minimum absolute atomic E-state index is 0.384. The lowest BCUT2D eigenvalue weighted by molar-refractivity contribution is 0.130. The van der Waals surface area contributed by atoms with Crippen molar-refractivity contribution in [3.05, 3.63) is 24.0 Å². The Kier molecular flexibility index (Phi) is 5.26. The first-order chi connectivity index (χ1) is 9.95. The molecule has 118 valence electrons. The lowest BCUT2D eigenvalue weighted by Crippen LogP contribution is -2.34. The zero-order valence-electron chi connectivity index (χ0n) is 14.1. The summed E-state index contributed by atoms with van der Waals surface area (Å²) in [4.78, 5) is 4.37. The topological polar surface area (TPSA) is 34.2 Å². The maximum atomic E-state index is 5.36. The zero-order chi connectivity index (χ0) is 15.5. The van der Waals surface area contributed by atoms with Gasteiger partial charge in [0.25, 0.3) is 0 Å². The molecule has 1 heterocycles. The smallest absolute Gasteiger partial charge is 0.137 e. The molecule has 1 N–H and O–H groups in total. The average molecular weight is 290 g/mol. The Balaban J connectivity index is 2.24. The highest BCUT2D eigenvalue weighted by atomic mass is 16.5. The minimum atomic E-state index is 0.384. The molecule has 0 radical (unpaired) electrons. The van der Waals surface area contributed by atoms with Crippen molar-refractivity contribution < 1.29 is 4.74 Å². The monoisotopic (exact) mass is 290 g/mol. The molecule has 3 atom stereocenters. The summed E-state index contributed by atoms with van der Waals surface area (Å²) in [6.07, 6.45) is 7.71. The van der Waals surface area contributed by atoms with E-state index in [4.69, 9.17) is 4.74 Å². The quantitative estimate of drug-likeness (QED) is 0.914. The molecule has 3 unspecified atom stereocenters. The Morgan fingerprint density at radius 3 is 2.67 bits per heavy atom. The van der Waals surface area contributed by atoms with Crippen LogP contribution < -0.4 is 10.1 Å². The van der Waals surface area contributed by atoms with E-state index in [9.17, 15) is 0 Å². The van der Waals surface area contributed by atoms with Crippen LogP contribution in [0.25, 0.3) is 0 Å². The average Bonchev–Trinajstić information content (AvgIpc) is 2.47. The van der Waals surface area contributed by atoms with Gasteiger partial charge in [-0.25, -0.2) is 0 Å². The SMILES string of the molecule is CNCC1CCC(C(C)(C)C)CC1c1cncc(OC)c1. The molecule has 1 aliphatic rings. The molecule has 0 amide bonds. The Morgan fingerprint density at radius 2 is 2.05 bits per heavy atom. The number of aromatic nitrogens is 1. The molecule has 1 aromatic rings. The van der Waals surface area contributed by atoms with Crippen LogP contribution in [0.3, 0.4) is 0 Å². The molecule has 0 spiro atoms. The van der Waals surface area contributed by atoms with Crippen molar-refractivity contribution in [2.45, 2.75) is 46.0 Å². The molecule has 0 bridgehead atoms. The fourth-order valence-corrected chi connectivity index (χ4v) is 3.68. The molecule has 3 heteroatoms. The lowest BCUT2D eigenvalue weighted by atomic mass is 9.64. The molecule has 0 aromatic carbocycles. The molecule has 3 nitrogen and oxygen atoms in total. The fraction of sp³-hybridized carbons (Fsp3) is 0.722. The van der Waals surface area contributed by atoms with Crippen LogP contribution in [0.1, 0.15) is 51.5 Å². The third-order valence-corrected chi connectivity index (χ3v) is 5.08. The van der Waals surface area contributed by atoms with Crippen LogP contribution in [0.15, 0.2) is 18.5 Å². The maximum absolute atomic E-state index is 5.36. The summed E-state index contributed by atoms with van der Waals surface area (Å²) in [5.41, 5.74) is 1.72. The molecule has 0 saturated heterocycles. The summed E-state index contributed by atoms with van der Waals surface area (Å²) in [5.74, 6) is 2.93. The summed E-state index contributed by atoms with van der Waals surface area (Å²) < 4.78 is 5.36. The highest BCUT2D eigenvalue weighted by Crippen LogP contribution is 2.46. The summed E-state index contributed by atoms with van der Waals surface area (Å²) >= 11 is 0. The van der Waals surface area contributed by atoms with E-state index in [2.05, 4.69) is 44.2 Å². The lowest BCUT2D eigenvalue weighted by Gasteiger charge is -2.42. The predicted molar refractivity (Wildman–Crippen MR) is 87.7 cm³/mol. The van der Waals surface area contributed by atoms with Crippen molar-refractivity contribution in [1.29, 1.82) is 0 Å². The summed E-state index contributed by atoms with van der Waals surface area (Å²) in [6, 6.07) is 2.17. The first kappa shape index (κ1) is 16.3. The first-order valence-electron chi connectivity index (χ1n) is 8.09. The van der Waals surface area contributed by atoms with Gasteiger partial charge in [-0.3, -0.25) is 4.98 Å². The molecule has 21 heavy (non-hydrogen) atoms. The van der Waals surface area contributed by atoms with E-state index in [1.165, 1.54) is 24.8 Å². The Morgan fingerprint density at radius 1 is 1.29 bits per heavy atom. The van der Waals surface area contributed by atoms with E-state index < -0.39 is 0 Å². The van der Waals surface area contributed by atoms with E-state index in [-0.39, 0.29) is 0 Å². The number of methoxy groups -OCH3 is 1. The second-order valence-electron chi connectivity index (χ2n) is 7.46. The third-order valence-electron chi connectivity index (χ3n) is 5.08. The van der Waals surface area contributed by atoms with Gasteiger partial charge in [0.1, 0.15) is 5.75 Å². The Hall–Kier alpha value is -1.09. The second-order valence-corrected chi connectivity index (χ2v) is 7.46. The van der Waals surface area contributed by atoms with Crippen LogP contribution in [0.2, 0.25) is 0 Å². The van der Waals surface area contributed by atoms with Gasteiger partial charge in [-0.1, -0.05) is 20.8 Å². The molecule has 2 rings (SSSR count). The Labute approximate surface area is 129 Å². The second kappa shape index (κ2) is 6.78. The zero-order valence-corrected chi connectivity index (χ0v) is 14.1. The van der Waals surface area contributed by atoms with Gasteiger partial charge in [0.2, 0.25) is 0 Å². The molecule has 1 aromatic heterocycles. The van der Waals surface area contributed by atoms with E-state index in [1.807, 2.05) is 6.20 Å². The van der Waals surface area contributed by atoms with Crippen LogP contribution in [0.5, 0.6) is 5.75 Å². The summed E-state index contributed by atoms with van der Waals surface area (Å²) in [7, 11) is 3.77. The molecule has 1 aliphatic carbocycles. The van der Waals surface area contributed by atoms with Crippen LogP contribution in [-0.2, 0) is 0 Å². The van der Waals surface area contributed by atoms with Gasteiger partial charge >= 0.3 is 0 Å². The van der Waals surface area contributed by atoms with Crippen LogP contribution in [0, 0.1) is 17.3 Å². The highest BCUT2D eigenvalue weighted by molar-refractivity contribution is 5.27. The number of ether oxygens (including phenoxy) is 1. The Bertz CT molecular complexity index is 453. The van der Waals surface area contributed by atoms with Gasteiger partial charge in [-0.2, -0.15) is 0 Å². The van der Waals surface area contributed by atoms with Crippen LogP contribution in [-0.4, -0.2) is 25.7 Å². The van der Waals surface area contributed by atoms with Gasteiger partial charge in [-0.15, -0.1) is 0 Å². The van der Waals surface area contributed by atoms with E-state index in [0.717, 1.165) is 18.2 Å². The van der Waals surface area contributed by atoms with Crippen LogP contribution >= 0.6 is 0 Å². The molecule has 1 fully saturated rings. The maximum Gasteiger partial charge on any atom is 0.137 e. The van der Waals surface area contributed by atoms with Gasteiger partial charge in [0, 0.05) is 6.20 Å². The first-order valence-corrected chi connectivity index (χ1v) is 8.09. The predicted octanol–water partition coefficient (Wildman–Crippen LogP) is 3.86. The highest BCUT2D eigenvalue weighted by Gasteiger charge is 2.36. The molecular formula is C18H30N2O. The number of rotatable bonds is 4. The summed E-state index contributed by atoms with van der Waals surface area (Å²) in [6.45, 7) is 8.20. The van der Waals surface area contributed by atoms with E-state index in [1.54, 1.807) is 13.3 Å². The van der Waals surface area contributed by atoms with E-state index >= 15 is 0 Å². The van der Waals surface area contributed by atoms with Crippen molar-refractivity contribution in [2.24, 2.45) is 17.3 Å². The van der Waals surface area contributed by atoms with Crippen molar-refractivity contribution >= 4 is 0 Å². The number of pyridine rings is 1. The molecular weight excluding hydrogens is 260 g/mol. The van der Waals surface area contributed by atoms with Crippen LogP contribution in [0.4, 0.5) is 0 Å². The van der Waals surface area contributed by atoms with Crippen molar-refractivity contribution in [3.8, 4) is 5.75 Å². The van der Waals surface area contributed by atoms with E-state index in [0.29, 0.717) is 17.3 Å². The number of hydrogen-bond donors (Lipinski definition) is 1. The van der Waals surface area contributed by atoms with Gasteiger partial charge in [0.05, 0.1) is 13.3 Å². The van der Waals surface area contributed by atoms with Gasteiger partial charge < -0.3 is 10.1 Å². The van der Waals surface area contributed by atoms with Crippen molar-refractivity contribution in [2.75, 3.05) is 20.7 Å². The number of nitrogens with one attached hydrogen (secondary N) is 1. The van der Waals surface area contributed by atoms with Gasteiger partial charge in [-0.05, 0) is 67.7 Å².